The van der Waals surface area contributed by atoms with Gasteiger partial charge < -0.3 is 14.2 Å². The third-order valence-electron chi connectivity index (χ3n) is 2.44. The quantitative estimate of drug-likeness (QED) is 0.399. The van der Waals surface area contributed by atoms with Crippen LogP contribution in [0.5, 0.6) is 0 Å². The Bertz CT molecular complexity index is 297. The zero-order chi connectivity index (χ0) is 12.0. The first-order chi connectivity index (χ1) is 7.64. The highest BCUT2D eigenvalue weighted by atomic mass is 16.7. The Hall–Kier alpha value is -1.31. The molecule has 16 heavy (non-hydrogen) atoms. The van der Waals surface area contributed by atoms with Crippen molar-refractivity contribution in [3.8, 4) is 12.3 Å². The van der Waals surface area contributed by atoms with Gasteiger partial charge in [0.1, 0.15) is 12.5 Å². The predicted octanol–water partition coefficient (Wildman–Crippen LogP) is 1.12. The van der Waals surface area contributed by atoms with Crippen molar-refractivity contribution in [2.45, 2.75) is 19.1 Å². The second kappa shape index (κ2) is 5.69. The monoisotopic (exact) mass is 224 g/mol. The van der Waals surface area contributed by atoms with Crippen LogP contribution in [0.4, 0.5) is 0 Å². The van der Waals surface area contributed by atoms with Gasteiger partial charge in [0.2, 0.25) is 0 Å². The molecule has 0 aromatic carbocycles. The molecule has 1 heterocycles. The van der Waals surface area contributed by atoms with Gasteiger partial charge in [-0.2, -0.15) is 0 Å². The SMILES string of the molecule is C#CCC(C(=O)OCC=C)C1(C)OCCO1. The Labute approximate surface area is 95.6 Å². The summed E-state index contributed by atoms with van der Waals surface area (Å²) in [6, 6.07) is 0. The molecule has 1 saturated heterocycles. The fourth-order valence-corrected chi connectivity index (χ4v) is 1.57. The molecule has 1 rings (SSSR count). The summed E-state index contributed by atoms with van der Waals surface area (Å²) in [4.78, 5) is 11.8. The molecule has 4 nitrogen and oxygen atoms in total. The summed E-state index contributed by atoms with van der Waals surface area (Å²) >= 11 is 0. The first kappa shape index (κ1) is 12.8. The summed E-state index contributed by atoms with van der Waals surface area (Å²) in [6.45, 7) is 6.27. The van der Waals surface area contributed by atoms with Crippen LogP contribution in [0.3, 0.4) is 0 Å². The summed E-state index contributed by atoms with van der Waals surface area (Å²) in [5.74, 6) is 0.461. The van der Waals surface area contributed by atoms with Crippen LogP contribution >= 0.6 is 0 Å². The maximum atomic E-state index is 11.8. The third kappa shape index (κ3) is 2.84. The van der Waals surface area contributed by atoms with E-state index in [0.29, 0.717) is 13.2 Å². The average molecular weight is 224 g/mol. The van der Waals surface area contributed by atoms with Crippen LogP contribution in [-0.4, -0.2) is 31.6 Å². The molecule has 0 amide bonds. The van der Waals surface area contributed by atoms with Gasteiger partial charge in [0.25, 0.3) is 0 Å². The van der Waals surface area contributed by atoms with Gasteiger partial charge in [0, 0.05) is 6.42 Å². The number of rotatable bonds is 5. The second-order valence-electron chi connectivity index (χ2n) is 3.59. The number of carbonyl (C=O) groups is 1. The Balaban J connectivity index is 2.69. The van der Waals surface area contributed by atoms with Crippen LogP contribution in [0.2, 0.25) is 0 Å². The van der Waals surface area contributed by atoms with Crippen LogP contribution in [0.1, 0.15) is 13.3 Å². The Kier molecular flexibility index (Phi) is 4.53. The van der Waals surface area contributed by atoms with Crippen LogP contribution in [0, 0.1) is 18.3 Å². The standard InChI is InChI=1S/C12H16O4/c1-4-6-10(11(13)14-7-5-2)12(3)15-8-9-16-12/h1,5,10H,2,6-9H2,3H3. The van der Waals surface area contributed by atoms with Gasteiger partial charge in [-0.25, -0.2) is 0 Å². The molecule has 0 bridgehead atoms. The summed E-state index contributed by atoms with van der Waals surface area (Å²) in [7, 11) is 0. The maximum absolute atomic E-state index is 11.8. The minimum absolute atomic E-state index is 0.163. The van der Waals surface area contributed by atoms with Crippen LogP contribution in [-0.2, 0) is 19.0 Å². The lowest BCUT2D eigenvalue weighted by molar-refractivity contribution is -0.198. The lowest BCUT2D eigenvalue weighted by Gasteiger charge is -2.29. The number of esters is 1. The normalized spacial score (nSPS) is 19.8. The fraction of sp³-hybridized carbons (Fsp3) is 0.583. The second-order valence-corrected chi connectivity index (χ2v) is 3.59. The predicted molar refractivity (Wildman–Crippen MR) is 58.4 cm³/mol. The van der Waals surface area contributed by atoms with Crippen molar-refractivity contribution in [1.82, 2.24) is 0 Å². The van der Waals surface area contributed by atoms with Gasteiger partial charge in [-0.1, -0.05) is 12.7 Å². The largest absolute Gasteiger partial charge is 0.461 e. The molecule has 0 aliphatic carbocycles. The fourth-order valence-electron chi connectivity index (χ4n) is 1.57. The number of carbonyl (C=O) groups excluding carboxylic acids is 1. The van der Waals surface area contributed by atoms with E-state index in [0.717, 1.165) is 0 Å². The Morgan fingerprint density at radius 2 is 2.31 bits per heavy atom. The highest BCUT2D eigenvalue weighted by Crippen LogP contribution is 2.30. The lowest BCUT2D eigenvalue weighted by Crippen LogP contribution is -2.41. The summed E-state index contributed by atoms with van der Waals surface area (Å²) in [6.07, 6.45) is 6.97. The molecule has 88 valence electrons. The molecule has 1 fully saturated rings. The summed E-state index contributed by atoms with van der Waals surface area (Å²) < 4.78 is 15.8. The molecule has 1 aliphatic heterocycles. The van der Waals surface area contributed by atoms with Crippen LogP contribution in [0.15, 0.2) is 12.7 Å². The first-order valence-corrected chi connectivity index (χ1v) is 5.13. The topological polar surface area (TPSA) is 44.8 Å². The first-order valence-electron chi connectivity index (χ1n) is 5.13. The molecular weight excluding hydrogens is 208 g/mol. The van der Waals surface area contributed by atoms with Crippen molar-refractivity contribution in [3.63, 3.8) is 0 Å². The van der Waals surface area contributed by atoms with Gasteiger partial charge in [-0.3, -0.25) is 4.79 Å². The van der Waals surface area contributed by atoms with Crippen molar-refractivity contribution >= 4 is 5.97 Å². The minimum atomic E-state index is -0.968. The number of hydrogen-bond donors (Lipinski definition) is 0. The van der Waals surface area contributed by atoms with Crippen molar-refractivity contribution in [2.24, 2.45) is 5.92 Å². The molecule has 0 aromatic rings. The van der Waals surface area contributed by atoms with Gasteiger partial charge in [-0.15, -0.1) is 12.3 Å². The van der Waals surface area contributed by atoms with Crippen molar-refractivity contribution < 1.29 is 19.0 Å². The van der Waals surface area contributed by atoms with E-state index in [-0.39, 0.29) is 13.0 Å². The molecule has 0 N–H and O–H groups in total. The zero-order valence-electron chi connectivity index (χ0n) is 9.40. The maximum Gasteiger partial charge on any atom is 0.315 e. The van der Waals surface area contributed by atoms with Crippen LogP contribution in [0.25, 0.3) is 0 Å². The average Bonchev–Trinajstić information content (AvgIpc) is 2.70. The highest BCUT2D eigenvalue weighted by molar-refractivity contribution is 5.74. The van der Waals surface area contributed by atoms with Crippen LogP contribution < -0.4 is 0 Å². The Morgan fingerprint density at radius 1 is 1.69 bits per heavy atom. The highest BCUT2D eigenvalue weighted by Gasteiger charge is 2.44. The number of hydrogen-bond acceptors (Lipinski definition) is 4. The Morgan fingerprint density at radius 3 is 2.81 bits per heavy atom. The van der Waals surface area contributed by atoms with E-state index < -0.39 is 17.7 Å². The van der Waals surface area contributed by atoms with E-state index in [1.54, 1.807) is 6.92 Å². The van der Waals surface area contributed by atoms with Gasteiger partial charge in [-0.05, 0) is 6.92 Å². The molecule has 1 unspecified atom stereocenters. The van der Waals surface area contributed by atoms with Crippen molar-refractivity contribution in [3.05, 3.63) is 12.7 Å². The van der Waals surface area contributed by atoms with E-state index in [9.17, 15) is 4.79 Å². The van der Waals surface area contributed by atoms with E-state index in [1.807, 2.05) is 0 Å². The van der Waals surface area contributed by atoms with E-state index in [4.69, 9.17) is 20.6 Å². The van der Waals surface area contributed by atoms with Gasteiger partial charge in [0.05, 0.1) is 13.2 Å². The molecule has 0 radical (unpaired) electrons. The summed E-state index contributed by atoms with van der Waals surface area (Å²) in [5, 5.41) is 0. The third-order valence-corrected chi connectivity index (χ3v) is 2.44. The number of ether oxygens (including phenoxy) is 3. The van der Waals surface area contributed by atoms with Crippen molar-refractivity contribution in [1.29, 1.82) is 0 Å². The zero-order valence-corrected chi connectivity index (χ0v) is 9.40. The molecule has 4 heteroatoms. The summed E-state index contributed by atoms with van der Waals surface area (Å²) in [5.41, 5.74) is 0. The molecule has 1 atom stereocenters. The number of terminal acetylenes is 1. The lowest BCUT2D eigenvalue weighted by atomic mass is 9.96. The molecular formula is C12H16O4. The molecule has 1 aliphatic rings. The van der Waals surface area contributed by atoms with E-state index >= 15 is 0 Å². The van der Waals surface area contributed by atoms with Crippen molar-refractivity contribution in [2.75, 3.05) is 19.8 Å². The van der Waals surface area contributed by atoms with Gasteiger partial charge >= 0.3 is 5.97 Å². The van der Waals surface area contributed by atoms with Gasteiger partial charge in [0.15, 0.2) is 5.79 Å². The molecule has 0 spiro atoms. The minimum Gasteiger partial charge on any atom is -0.461 e. The van der Waals surface area contributed by atoms with E-state index in [1.165, 1.54) is 6.08 Å². The molecule has 0 aromatic heterocycles. The smallest absolute Gasteiger partial charge is 0.315 e. The van der Waals surface area contributed by atoms with E-state index in [2.05, 4.69) is 12.5 Å². The molecule has 0 saturated carbocycles.